The zero-order chi connectivity index (χ0) is 30.2. The number of aromatic nitrogens is 2. The van der Waals surface area contributed by atoms with E-state index >= 15 is 0 Å². The Hall–Kier alpha value is -4.09. The van der Waals surface area contributed by atoms with Crippen molar-refractivity contribution >= 4 is 57.0 Å². The van der Waals surface area contributed by atoms with E-state index < -0.39 is 0 Å². The first-order chi connectivity index (χ1) is 20.9. The zero-order valence-electron chi connectivity index (χ0n) is 24.2. The van der Waals surface area contributed by atoms with Gasteiger partial charge in [-0.1, -0.05) is 50.1 Å². The maximum Gasteiger partial charge on any atom is 0.286 e. The van der Waals surface area contributed by atoms with E-state index in [-0.39, 0.29) is 16.4 Å². The van der Waals surface area contributed by atoms with E-state index in [1.165, 1.54) is 19.3 Å². The zero-order valence-corrected chi connectivity index (χ0v) is 25.9. The fourth-order valence-corrected chi connectivity index (χ4v) is 5.77. The van der Waals surface area contributed by atoms with Gasteiger partial charge in [0.15, 0.2) is 5.11 Å². The van der Waals surface area contributed by atoms with Gasteiger partial charge in [0.25, 0.3) is 5.24 Å². The Kier molecular flexibility index (Phi) is 10.2. The van der Waals surface area contributed by atoms with Crippen LogP contribution in [0.5, 0.6) is 17.2 Å². The number of benzene rings is 3. The number of carbonyl (C=O) groups excluding carboxylic acids is 2. The second-order valence-corrected chi connectivity index (χ2v) is 11.9. The van der Waals surface area contributed by atoms with Gasteiger partial charge in [-0.15, -0.1) is 0 Å². The van der Waals surface area contributed by atoms with E-state index in [1.54, 1.807) is 0 Å². The van der Waals surface area contributed by atoms with Crippen LogP contribution in [0.2, 0.25) is 0 Å². The second-order valence-electron chi connectivity index (χ2n) is 10.3. The van der Waals surface area contributed by atoms with E-state index in [4.69, 9.17) is 26.7 Å². The number of anilines is 1. The Morgan fingerprint density at radius 2 is 1.74 bits per heavy atom. The van der Waals surface area contributed by atoms with Gasteiger partial charge in [0.2, 0.25) is 5.91 Å². The molecule has 43 heavy (non-hydrogen) atoms. The minimum atomic E-state index is -0.388. The van der Waals surface area contributed by atoms with Gasteiger partial charge in [-0.25, -0.2) is 4.98 Å². The molecule has 1 saturated heterocycles. The first-order valence-corrected chi connectivity index (χ1v) is 15.7. The molecule has 5 rings (SSSR count). The van der Waals surface area contributed by atoms with Crippen LogP contribution in [-0.4, -0.2) is 37.6 Å². The summed E-state index contributed by atoms with van der Waals surface area (Å²) in [5, 5.41) is 8.73. The number of nitrogens with zero attached hydrogens (tertiary/aromatic N) is 2. The van der Waals surface area contributed by atoms with E-state index in [1.807, 2.05) is 78.3 Å². The van der Waals surface area contributed by atoms with E-state index in [0.29, 0.717) is 29.6 Å². The summed E-state index contributed by atoms with van der Waals surface area (Å²) in [6.45, 7) is 3.37. The maximum atomic E-state index is 11.8. The number of rotatable bonds is 13. The maximum absolute atomic E-state index is 11.8. The third-order valence-corrected chi connectivity index (χ3v) is 8.32. The van der Waals surface area contributed by atoms with Crippen molar-refractivity contribution in [3.8, 4) is 17.2 Å². The summed E-state index contributed by atoms with van der Waals surface area (Å²) < 4.78 is 14.1. The lowest BCUT2D eigenvalue weighted by atomic mass is 10.1. The van der Waals surface area contributed by atoms with Crippen molar-refractivity contribution in [1.82, 2.24) is 20.2 Å². The summed E-state index contributed by atoms with van der Waals surface area (Å²) in [6.07, 6.45) is 5.28. The Morgan fingerprint density at radius 1 is 1.00 bits per heavy atom. The molecule has 11 heteroatoms. The average Bonchev–Trinajstić information content (AvgIpc) is 3.49. The molecule has 3 aromatic carbocycles. The Labute approximate surface area is 260 Å². The van der Waals surface area contributed by atoms with Crippen molar-refractivity contribution in [3.05, 3.63) is 78.1 Å². The molecule has 1 atom stereocenters. The number of fused-ring (bicyclic) bond motifs is 1. The Morgan fingerprint density at radius 3 is 2.47 bits per heavy atom. The van der Waals surface area contributed by atoms with Gasteiger partial charge in [0.1, 0.15) is 29.7 Å². The van der Waals surface area contributed by atoms with Gasteiger partial charge in [-0.05, 0) is 79.2 Å². The fraction of sp³-hybridized carbons (Fsp3) is 0.312. The smallest absolute Gasteiger partial charge is 0.286 e. The Balaban J connectivity index is 1.13. The number of thiocarbonyl (C=S) groups is 1. The molecule has 0 radical (unpaired) electrons. The quantitative estimate of drug-likeness (QED) is 0.112. The molecule has 0 saturated carbocycles. The standard InChI is InChI=1S/C32H35N5O4S2/c1-3-4-5-6-17-33-31(42)34-22-9-13-24(14-10-22)41-25-15-16-26-27(19-25)37(2)29(35-26)20-40-23-11-7-21(8-12-23)18-28-30(38)36-32(39)43-28/h7-16,19,28H,3-6,17-18,20H2,1-2H3,(H2,33,34,42)(H,36,38,39). The van der Waals surface area contributed by atoms with Crippen LogP contribution in [0.15, 0.2) is 66.7 Å². The lowest BCUT2D eigenvalue weighted by Crippen LogP contribution is -2.29. The van der Waals surface area contributed by atoms with Crippen LogP contribution in [-0.2, 0) is 24.9 Å². The van der Waals surface area contributed by atoms with Crippen LogP contribution in [0.1, 0.15) is 44.0 Å². The first kappa shape index (κ1) is 30.4. The molecule has 224 valence electrons. The third-order valence-electron chi connectivity index (χ3n) is 7.09. The highest BCUT2D eigenvalue weighted by Crippen LogP contribution is 2.28. The normalized spacial score (nSPS) is 14.5. The van der Waals surface area contributed by atoms with Crippen molar-refractivity contribution < 1.29 is 19.1 Å². The van der Waals surface area contributed by atoms with Gasteiger partial charge in [0, 0.05) is 25.3 Å². The number of amides is 2. The molecule has 1 aromatic heterocycles. The van der Waals surface area contributed by atoms with Crippen LogP contribution >= 0.6 is 24.0 Å². The number of hydrogen-bond acceptors (Lipinski definition) is 7. The molecule has 2 heterocycles. The number of hydrogen-bond donors (Lipinski definition) is 3. The molecule has 0 aliphatic carbocycles. The summed E-state index contributed by atoms with van der Waals surface area (Å²) in [4.78, 5) is 27.9. The number of unbranched alkanes of at least 4 members (excludes halogenated alkanes) is 3. The minimum absolute atomic E-state index is 0.238. The number of nitrogens with one attached hydrogen (secondary N) is 3. The predicted molar refractivity (Wildman–Crippen MR) is 175 cm³/mol. The van der Waals surface area contributed by atoms with Gasteiger partial charge in [-0.2, -0.15) is 0 Å². The van der Waals surface area contributed by atoms with Crippen LogP contribution in [0.25, 0.3) is 11.0 Å². The summed E-state index contributed by atoms with van der Waals surface area (Å²) in [5.41, 5.74) is 3.64. The van der Waals surface area contributed by atoms with Crippen LogP contribution in [0.4, 0.5) is 10.5 Å². The van der Waals surface area contributed by atoms with E-state index in [0.717, 1.165) is 58.6 Å². The van der Waals surface area contributed by atoms with Gasteiger partial charge >= 0.3 is 0 Å². The van der Waals surface area contributed by atoms with Crippen LogP contribution < -0.4 is 25.4 Å². The summed E-state index contributed by atoms with van der Waals surface area (Å²) in [6, 6.07) is 21.0. The number of imidazole rings is 1. The van der Waals surface area contributed by atoms with Crippen molar-refractivity contribution in [2.75, 3.05) is 11.9 Å². The predicted octanol–water partition coefficient (Wildman–Crippen LogP) is 6.71. The molecule has 4 aromatic rings. The van der Waals surface area contributed by atoms with Gasteiger partial charge < -0.3 is 24.7 Å². The third kappa shape index (κ3) is 8.26. The average molecular weight is 618 g/mol. The first-order valence-electron chi connectivity index (χ1n) is 14.4. The molecule has 0 bridgehead atoms. The lowest BCUT2D eigenvalue weighted by Gasteiger charge is -2.11. The van der Waals surface area contributed by atoms with Crippen LogP contribution in [0.3, 0.4) is 0 Å². The number of aryl methyl sites for hydroxylation is 1. The molecular formula is C32H35N5O4S2. The van der Waals surface area contributed by atoms with E-state index in [2.05, 4.69) is 22.9 Å². The molecule has 1 fully saturated rings. The lowest BCUT2D eigenvalue weighted by molar-refractivity contribution is -0.118. The molecule has 1 aliphatic heterocycles. The molecule has 0 spiro atoms. The summed E-state index contributed by atoms with van der Waals surface area (Å²) in [7, 11) is 1.95. The topological polar surface area (TPSA) is 107 Å². The largest absolute Gasteiger partial charge is 0.486 e. The van der Waals surface area contributed by atoms with E-state index in [9.17, 15) is 9.59 Å². The SMILES string of the molecule is CCCCCCNC(=S)Nc1ccc(Oc2ccc3nc(COc4ccc(CC5SC(=O)NC5=O)cc4)n(C)c3c2)cc1. The van der Waals surface area contributed by atoms with Gasteiger partial charge in [0.05, 0.1) is 16.3 Å². The molecule has 2 amide bonds. The highest BCUT2D eigenvalue weighted by atomic mass is 32.2. The molecule has 9 nitrogen and oxygen atoms in total. The number of carbonyl (C=O) groups is 2. The van der Waals surface area contributed by atoms with Crippen molar-refractivity contribution in [3.63, 3.8) is 0 Å². The van der Waals surface area contributed by atoms with Crippen molar-refractivity contribution in [2.24, 2.45) is 7.05 Å². The number of thioether (sulfide) groups is 1. The molecule has 3 N–H and O–H groups in total. The van der Waals surface area contributed by atoms with Gasteiger partial charge in [-0.3, -0.25) is 14.9 Å². The number of imide groups is 1. The fourth-order valence-electron chi connectivity index (χ4n) is 4.69. The van der Waals surface area contributed by atoms with Crippen LogP contribution in [0, 0.1) is 0 Å². The second kappa shape index (κ2) is 14.4. The summed E-state index contributed by atoms with van der Waals surface area (Å²) in [5.74, 6) is 2.66. The molecule has 1 unspecified atom stereocenters. The molecular weight excluding hydrogens is 583 g/mol. The monoisotopic (exact) mass is 617 g/mol. The highest BCUT2D eigenvalue weighted by molar-refractivity contribution is 8.15. The highest BCUT2D eigenvalue weighted by Gasteiger charge is 2.31. The Bertz CT molecular complexity index is 1590. The minimum Gasteiger partial charge on any atom is -0.486 e. The number of ether oxygens (including phenoxy) is 2. The molecule has 1 aliphatic rings. The van der Waals surface area contributed by atoms with Crippen molar-refractivity contribution in [2.45, 2.75) is 50.9 Å². The summed E-state index contributed by atoms with van der Waals surface area (Å²) >= 11 is 6.43. The van der Waals surface area contributed by atoms with Crippen molar-refractivity contribution in [1.29, 1.82) is 0 Å².